The molecule has 6 heteroatoms. The zero-order chi connectivity index (χ0) is 14.7. The maximum Gasteiger partial charge on any atom is 0.268 e. The Labute approximate surface area is 123 Å². The van der Waals surface area contributed by atoms with Gasteiger partial charge in [0.1, 0.15) is 5.69 Å². The Bertz CT molecular complexity index is 609. The minimum absolute atomic E-state index is 0.0286. The molecule has 1 amide bonds. The predicted molar refractivity (Wildman–Crippen MR) is 80.1 cm³/mol. The summed E-state index contributed by atoms with van der Waals surface area (Å²) in [4.78, 5) is 12.4. The molecule has 0 aromatic carbocycles. The number of amides is 1. The number of carbonyl (C=O) groups is 1. The molecule has 1 saturated heterocycles. The second kappa shape index (κ2) is 6.13. The van der Waals surface area contributed by atoms with E-state index in [4.69, 9.17) is 0 Å². The summed E-state index contributed by atoms with van der Waals surface area (Å²) in [5.41, 5.74) is 2.75. The largest absolute Gasteiger partial charge is 0.347 e. The molecule has 0 radical (unpaired) electrons. The summed E-state index contributed by atoms with van der Waals surface area (Å²) in [6.45, 7) is 4.47. The molecule has 3 heterocycles. The smallest absolute Gasteiger partial charge is 0.268 e. The van der Waals surface area contributed by atoms with Crippen molar-refractivity contribution >= 4 is 5.91 Å². The molecule has 0 spiro atoms. The normalized spacial score (nSPS) is 16.0. The number of piperidine rings is 1. The van der Waals surface area contributed by atoms with Crippen LogP contribution in [0.2, 0.25) is 0 Å². The molecule has 0 bridgehead atoms. The summed E-state index contributed by atoms with van der Waals surface area (Å²) in [6, 6.07) is 4.25. The van der Waals surface area contributed by atoms with E-state index in [-0.39, 0.29) is 5.91 Å². The van der Waals surface area contributed by atoms with E-state index in [1.807, 2.05) is 25.3 Å². The Kier molecular flexibility index (Phi) is 4.06. The Morgan fingerprint density at radius 2 is 2.29 bits per heavy atom. The van der Waals surface area contributed by atoms with E-state index in [1.54, 1.807) is 6.20 Å². The number of aromatic nitrogens is 3. The molecule has 0 unspecified atom stereocenters. The second-order valence-electron chi connectivity index (χ2n) is 5.48. The standard InChI is InChI=1S/C15H21N5O/c1-11-12(10-18-19-11)9-17-15(21)14-3-2-8-20(14)13-4-6-16-7-5-13/h2-3,8,10,13,16H,4-7,9H2,1H3,(H,17,21)(H,18,19). The number of carbonyl (C=O) groups excluding carboxylic acids is 1. The molecule has 1 aliphatic heterocycles. The average molecular weight is 287 g/mol. The highest BCUT2D eigenvalue weighted by atomic mass is 16.1. The van der Waals surface area contributed by atoms with Crippen molar-refractivity contribution in [3.63, 3.8) is 0 Å². The Morgan fingerprint density at radius 3 is 3.00 bits per heavy atom. The number of hydrogen-bond donors (Lipinski definition) is 3. The van der Waals surface area contributed by atoms with Gasteiger partial charge < -0.3 is 15.2 Å². The van der Waals surface area contributed by atoms with Crippen LogP contribution in [-0.4, -0.2) is 33.8 Å². The van der Waals surface area contributed by atoms with Gasteiger partial charge in [-0.2, -0.15) is 5.10 Å². The van der Waals surface area contributed by atoms with E-state index in [1.165, 1.54) is 0 Å². The lowest BCUT2D eigenvalue weighted by molar-refractivity contribution is 0.0938. The highest BCUT2D eigenvalue weighted by molar-refractivity contribution is 5.92. The molecule has 21 heavy (non-hydrogen) atoms. The first kappa shape index (κ1) is 13.9. The van der Waals surface area contributed by atoms with Crippen LogP contribution in [0.25, 0.3) is 0 Å². The van der Waals surface area contributed by atoms with E-state index in [2.05, 4.69) is 25.4 Å². The van der Waals surface area contributed by atoms with Gasteiger partial charge in [0.15, 0.2) is 0 Å². The van der Waals surface area contributed by atoms with Gasteiger partial charge in [0.2, 0.25) is 0 Å². The first-order valence-electron chi connectivity index (χ1n) is 7.40. The van der Waals surface area contributed by atoms with Gasteiger partial charge in [0.25, 0.3) is 5.91 Å². The van der Waals surface area contributed by atoms with Crippen molar-refractivity contribution in [3.8, 4) is 0 Å². The van der Waals surface area contributed by atoms with E-state index in [0.717, 1.165) is 42.9 Å². The van der Waals surface area contributed by atoms with Crippen molar-refractivity contribution in [1.29, 1.82) is 0 Å². The lowest BCUT2D eigenvalue weighted by Crippen LogP contribution is -2.32. The highest BCUT2D eigenvalue weighted by Crippen LogP contribution is 2.21. The van der Waals surface area contributed by atoms with Crippen LogP contribution in [0.15, 0.2) is 24.5 Å². The first-order chi connectivity index (χ1) is 10.3. The van der Waals surface area contributed by atoms with Gasteiger partial charge in [-0.15, -0.1) is 0 Å². The molecule has 1 fully saturated rings. The van der Waals surface area contributed by atoms with Crippen LogP contribution in [0.5, 0.6) is 0 Å². The van der Waals surface area contributed by atoms with Crippen LogP contribution >= 0.6 is 0 Å². The van der Waals surface area contributed by atoms with Gasteiger partial charge in [-0.05, 0) is 45.0 Å². The molecule has 0 aliphatic carbocycles. The molecule has 0 atom stereocenters. The summed E-state index contributed by atoms with van der Waals surface area (Å²) in [6.07, 6.45) is 5.89. The van der Waals surface area contributed by atoms with E-state index < -0.39 is 0 Å². The fourth-order valence-electron chi connectivity index (χ4n) is 2.81. The molecule has 112 valence electrons. The summed E-state index contributed by atoms with van der Waals surface area (Å²) >= 11 is 0. The quantitative estimate of drug-likeness (QED) is 0.795. The van der Waals surface area contributed by atoms with Crippen LogP contribution in [0.4, 0.5) is 0 Å². The minimum Gasteiger partial charge on any atom is -0.347 e. The summed E-state index contributed by atoms with van der Waals surface area (Å²) in [5.74, 6) is -0.0286. The van der Waals surface area contributed by atoms with Gasteiger partial charge in [0, 0.05) is 30.0 Å². The number of rotatable bonds is 4. The van der Waals surface area contributed by atoms with E-state index in [9.17, 15) is 4.79 Å². The molecular formula is C15H21N5O. The van der Waals surface area contributed by atoms with Gasteiger partial charge >= 0.3 is 0 Å². The highest BCUT2D eigenvalue weighted by Gasteiger charge is 2.19. The van der Waals surface area contributed by atoms with Crippen LogP contribution in [0.3, 0.4) is 0 Å². The predicted octanol–water partition coefficient (Wildman–Crippen LogP) is 1.37. The molecule has 3 rings (SSSR count). The van der Waals surface area contributed by atoms with Crippen molar-refractivity contribution in [3.05, 3.63) is 41.5 Å². The lowest BCUT2D eigenvalue weighted by atomic mass is 10.1. The maximum atomic E-state index is 12.4. The van der Waals surface area contributed by atoms with Gasteiger partial charge in [-0.3, -0.25) is 9.89 Å². The average Bonchev–Trinajstić information content (AvgIpc) is 3.15. The second-order valence-corrected chi connectivity index (χ2v) is 5.48. The number of hydrogen-bond acceptors (Lipinski definition) is 3. The van der Waals surface area contributed by atoms with Crippen molar-refractivity contribution in [2.45, 2.75) is 32.4 Å². The van der Waals surface area contributed by atoms with Gasteiger partial charge in [-0.1, -0.05) is 0 Å². The minimum atomic E-state index is -0.0286. The maximum absolute atomic E-state index is 12.4. The number of aromatic amines is 1. The summed E-state index contributed by atoms with van der Waals surface area (Å²) in [7, 11) is 0. The molecule has 1 aliphatic rings. The number of H-pyrrole nitrogens is 1. The van der Waals surface area contributed by atoms with Crippen molar-refractivity contribution < 1.29 is 4.79 Å². The van der Waals surface area contributed by atoms with Crippen LogP contribution < -0.4 is 10.6 Å². The third-order valence-corrected chi connectivity index (χ3v) is 4.09. The monoisotopic (exact) mass is 287 g/mol. The number of nitrogens with one attached hydrogen (secondary N) is 3. The van der Waals surface area contributed by atoms with E-state index >= 15 is 0 Å². The fourth-order valence-corrected chi connectivity index (χ4v) is 2.81. The topological polar surface area (TPSA) is 74.7 Å². The molecular weight excluding hydrogens is 266 g/mol. The molecule has 2 aromatic heterocycles. The third kappa shape index (κ3) is 3.00. The number of nitrogens with zero attached hydrogens (tertiary/aromatic N) is 2. The molecule has 2 aromatic rings. The Balaban J connectivity index is 1.67. The number of aryl methyl sites for hydroxylation is 1. The molecule has 6 nitrogen and oxygen atoms in total. The van der Waals surface area contributed by atoms with Gasteiger partial charge in [0.05, 0.1) is 6.20 Å². The van der Waals surface area contributed by atoms with Crippen molar-refractivity contribution in [2.24, 2.45) is 0 Å². The fraction of sp³-hybridized carbons (Fsp3) is 0.467. The van der Waals surface area contributed by atoms with Crippen LogP contribution in [-0.2, 0) is 6.54 Å². The van der Waals surface area contributed by atoms with Crippen molar-refractivity contribution in [1.82, 2.24) is 25.4 Å². The van der Waals surface area contributed by atoms with Gasteiger partial charge in [-0.25, -0.2) is 0 Å². The SMILES string of the molecule is Cc1[nH]ncc1CNC(=O)c1cccn1C1CCNCC1. The third-order valence-electron chi connectivity index (χ3n) is 4.09. The van der Waals surface area contributed by atoms with Crippen LogP contribution in [0.1, 0.15) is 40.6 Å². The lowest BCUT2D eigenvalue weighted by Gasteiger charge is -2.25. The first-order valence-corrected chi connectivity index (χ1v) is 7.40. The Hall–Kier alpha value is -2.08. The zero-order valence-electron chi connectivity index (χ0n) is 12.2. The Morgan fingerprint density at radius 1 is 1.48 bits per heavy atom. The van der Waals surface area contributed by atoms with E-state index in [0.29, 0.717) is 12.6 Å². The molecule has 3 N–H and O–H groups in total. The zero-order valence-corrected chi connectivity index (χ0v) is 12.2. The summed E-state index contributed by atoms with van der Waals surface area (Å²) < 4.78 is 2.11. The summed E-state index contributed by atoms with van der Waals surface area (Å²) in [5, 5.41) is 13.2. The molecule has 0 saturated carbocycles. The van der Waals surface area contributed by atoms with Crippen molar-refractivity contribution in [2.75, 3.05) is 13.1 Å². The van der Waals surface area contributed by atoms with Crippen LogP contribution in [0, 0.1) is 6.92 Å².